The molecule has 0 aliphatic carbocycles. The summed E-state index contributed by atoms with van der Waals surface area (Å²) in [6.07, 6.45) is 0.117. The number of hydrogen-bond donors (Lipinski definition) is 2. The van der Waals surface area contributed by atoms with Gasteiger partial charge in [-0.15, -0.1) is 0 Å². The van der Waals surface area contributed by atoms with Crippen molar-refractivity contribution in [3.63, 3.8) is 0 Å². The average molecular weight is 344 g/mol. The molecule has 9 heteroatoms. The summed E-state index contributed by atoms with van der Waals surface area (Å²) in [4.78, 5) is 47.7. The van der Waals surface area contributed by atoms with Crippen molar-refractivity contribution in [1.82, 2.24) is 5.32 Å². The van der Waals surface area contributed by atoms with E-state index in [4.69, 9.17) is 19.9 Å². The van der Waals surface area contributed by atoms with Gasteiger partial charge in [0.2, 0.25) is 11.8 Å². The minimum absolute atomic E-state index is 0.0589. The molecule has 9 nitrogen and oxygen atoms in total. The summed E-state index contributed by atoms with van der Waals surface area (Å²) in [6, 6.07) is -1.38. The summed E-state index contributed by atoms with van der Waals surface area (Å²) in [5, 5.41) is 2.40. The monoisotopic (exact) mass is 344 g/mol. The van der Waals surface area contributed by atoms with Gasteiger partial charge in [0.25, 0.3) is 0 Å². The predicted molar refractivity (Wildman–Crippen MR) is 81.5 cm³/mol. The minimum atomic E-state index is -1.38. The van der Waals surface area contributed by atoms with Gasteiger partial charge in [-0.2, -0.15) is 0 Å². The number of nitrogens with two attached hydrogens (primary N) is 1. The molecule has 2 amide bonds. The van der Waals surface area contributed by atoms with Crippen molar-refractivity contribution in [3.8, 4) is 0 Å². The van der Waals surface area contributed by atoms with Crippen molar-refractivity contribution in [2.24, 2.45) is 11.7 Å². The van der Waals surface area contributed by atoms with Gasteiger partial charge in [0.1, 0.15) is 12.1 Å². The van der Waals surface area contributed by atoms with Crippen LogP contribution in [0, 0.1) is 5.92 Å². The number of carbonyl (C=O) groups is 4. The van der Waals surface area contributed by atoms with Gasteiger partial charge in [-0.25, -0.2) is 0 Å². The lowest BCUT2D eigenvalue weighted by atomic mass is 9.95. The van der Waals surface area contributed by atoms with E-state index in [2.05, 4.69) is 5.32 Å². The summed E-state index contributed by atoms with van der Waals surface area (Å²) >= 11 is 0. The molecule has 0 saturated carbocycles. The number of ether oxygens (including phenoxy) is 3. The molecule has 24 heavy (non-hydrogen) atoms. The van der Waals surface area contributed by atoms with Crippen LogP contribution in [0.25, 0.3) is 0 Å². The number of primary amides is 1. The average Bonchev–Trinajstić information content (AvgIpc) is 3.05. The van der Waals surface area contributed by atoms with E-state index < -0.39 is 48.2 Å². The quantitative estimate of drug-likeness (QED) is 0.526. The van der Waals surface area contributed by atoms with E-state index in [0.29, 0.717) is 13.0 Å². The Bertz CT molecular complexity index is 474. The first kappa shape index (κ1) is 19.9. The van der Waals surface area contributed by atoms with E-state index in [1.54, 1.807) is 13.8 Å². The molecule has 1 heterocycles. The molecular formula is C15H24N2O7. The minimum Gasteiger partial charge on any atom is -0.466 e. The van der Waals surface area contributed by atoms with Crippen molar-refractivity contribution in [2.75, 3.05) is 19.8 Å². The second-order valence-corrected chi connectivity index (χ2v) is 5.26. The lowest BCUT2D eigenvalue weighted by molar-refractivity contribution is -0.157. The molecule has 1 rings (SSSR count). The largest absolute Gasteiger partial charge is 0.466 e. The number of hydrogen-bond acceptors (Lipinski definition) is 7. The van der Waals surface area contributed by atoms with Crippen LogP contribution in [0.5, 0.6) is 0 Å². The highest BCUT2D eigenvalue weighted by Crippen LogP contribution is 2.16. The lowest BCUT2D eigenvalue weighted by Gasteiger charge is -2.24. The first-order chi connectivity index (χ1) is 11.4. The van der Waals surface area contributed by atoms with Gasteiger partial charge >= 0.3 is 11.9 Å². The number of carbonyl (C=O) groups excluding carboxylic acids is 4. The second-order valence-electron chi connectivity index (χ2n) is 5.26. The molecule has 0 aromatic rings. The molecule has 1 aliphatic rings. The molecular weight excluding hydrogens is 320 g/mol. The Morgan fingerprint density at radius 1 is 1.21 bits per heavy atom. The first-order valence-electron chi connectivity index (χ1n) is 7.94. The third kappa shape index (κ3) is 5.80. The molecule has 0 bridgehead atoms. The van der Waals surface area contributed by atoms with Gasteiger partial charge in [-0.05, 0) is 26.7 Å². The fourth-order valence-electron chi connectivity index (χ4n) is 2.39. The van der Waals surface area contributed by atoms with Crippen LogP contribution in [-0.2, 0) is 33.4 Å². The highest BCUT2D eigenvalue weighted by atomic mass is 16.5. The van der Waals surface area contributed by atoms with Crippen molar-refractivity contribution in [2.45, 2.75) is 45.3 Å². The van der Waals surface area contributed by atoms with Crippen LogP contribution in [0.15, 0.2) is 0 Å². The van der Waals surface area contributed by atoms with Crippen LogP contribution in [-0.4, -0.2) is 55.7 Å². The molecule has 136 valence electrons. The third-order valence-electron chi connectivity index (χ3n) is 3.51. The van der Waals surface area contributed by atoms with Gasteiger partial charge in [0.15, 0.2) is 0 Å². The fraction of sp³-hybridized carbons (Fsp3) is 0.733. The van der Waals surface area contributed by atoms with Crippen LogP contribution in [0.3, 0.4) is 0 Å². The molecule has 1 aliphatic heterocycles. The SMILES string of the molecule is CCOC(=O)C[C@@H](C(=O)OCC)[C@@H](NC(=O)[C@@H]1CCCO1)C(N)=O. The maximum atomic E-state index is 12.1. The summed E-state index contributed by atoms with van der Waals surface area (Å²) in [5.41, 5.74) is 5.31. The van der Waals surface area contributed by atoms with Crippen molar-refractivity contribution < 1.29 is 33.4 Å². The molecule has 0 spiro atoms. The molecule has 1 fully saturated rings. The number of esters is 2. The number of amides is 2. The van der Waals surface area contributed by atoms with Crippen LogP contribution < -0.4 is 11.1 Å². The maximum Gasteiger partial charge on any atom is 0.312 e. The molecule has 3 atom stereocenters. The zero-order chi connectivity index (χ0) is 18.1. The van der Waals surface area contributed by atoms with Crippen LogP contribution in [0.1, 0.15) is 33.1 Å². The predicted octanol–water partition coefficient (Wildman–Crippen LogP) is -0.732. The van der Waals surface area contributed by atoms with Gasteiger partial charge in [0.05, 0.1) is 25.6 Å². The van der Waals surface area contributed by atoms with Gasteiger partial charge in [-0.3, -0.25) is 19.2 Å². The summed E-state index contributed by atoms with van der Waals surface area (Å²) in [5.74, 6) is -4.24. The van der Waals surface area contributed by atoms with E-state index in [0.717, 1.165) is 6.42 Å². The van der Waals surface area contributed by atoms with Crippen molar-refractivity contribution in [3.05, 3.63) is 0 Å². The van der Waals surface area contributed by atoms with Crippen LogP contribution in [0.4, 0.5) is 0 Å². The topological polar surface area (TPSA) is 134 Å². The first-order valence-corrected chi connectivity index (χ1v) is 7.94. The number of nitrogens with one attached hydrogen (secondary N) is 1. The van der Waals surface area contributed by atoms with Crippen molar-refractivity contribution in [1.29, 1.82) is 0 Å². The Kier molecular flexibility index (Phi) is 8.17. The molecule has 0 radical (unpaired) electrons. The summed E-state index contributed by atoms with van der Waals surface area (Å²) < 4.78 is 14.9. The third-order valence-corrected chi connectivity index (χ3v) is 3.51. The van der Waals surface area contributed by atoms with Crippen molar-refractivity contribution >= 4 is 23.8 Å². The zero-order valence-electron chi connectivity index (χ0n) is 13.9. The van der Waals surface area contributed by atoms with Crippen LogP contribution in [0.2, 0.25) is 0 Å². The number of rotatable bonds is 9. The van der Waals surface area contributed by atoms with E-state index in [-0.39, 0.29) is 13.2 Å². The lowest BCUT2D eigenvalue weighted by Crippen LogP contribution is -2.54. The Morgan fingerprint density at radius 3 is 2.38 bits per heavy atom. The summed E-state index contributed by atoms with van der Waals surface area (Å²) in [7, 11) is 0. The van der Waals surface area contributed by atoms with E-state index in [9.17, 15) is 19.2 Å². The fourth-order valence-corrected chi connectivity index (χ4v) is 2.39. The highest BCUT2D eigenvalue weighted by Gasteiger charge is 2.38. The van der Waals surface area contributed by atoms with E-state index in [1.165, 1.54) is 0 Å². The van der Waals surface area contributed by atoms with Gasteiger partial charge in [0, 0.05) is 6.61 Å². The van der Waals surface area contributed by atoms with E-state index in [1.807, 2.05) is 0 Å². The smallest absolute Gasteiger partial charge is 0.312 e. The zero-order valence-corrected chi connectivity index (χ0v) is 13.9. The normalized spacial score (nSPS) is 19.2. The second kappa shape index (κ2) is 9.86. The molecule has 0 aromatic carbocycles. The molecule has 0 unspecified atom stereocenters. The molecule has 3 N–H and O–H groups in total. The standard InChI is InChI=1S/C15H24N2O7/c1-3-22-11(18)8-9(15(21)23-4-2)12(13(16)19)17-14(20)10-6-5-7-24-10/h9-10,12H,3-8H2,1-2H3,(H2,16,19)(H,17,20)/t9-,10+,12-/m1/s1. The Labute approximate surface area is 140 Å². The van der Waals surface area contributed by atoms with E-state index >= 15 is 0 Å². The Morgan fingerprint density at radius 2 is 1.88 bits per heavy atom. The van der Waals surface area contributed by atoms with Gasteiger partial charge < -0.3 is 25.3 Å². The molecule has 0 aromatic heterocycles. The Balaban J connectivity index is 2.89. The highest BCUT2D eigenvalue weighted by molar-refractivity contribution is 5.93. The molecule has 1 saturated heterocycles. The van der Waals surface area contributed by atoms with Gasteiger partial charge in [-0.1, -0.05) is 0 Å². The Hall–Kier alpha value is -2.16. The van der Waals surface area contributed by atoms with Crippen LogP contribution >= 0.6 is 0 Å². The summed E-state index contributed by atoms with van der Waals surface area (Å²) in [6.45, 7) is 3.83. The maximum absolute atomic E-state index is 12.1.